The van der Waals surface area contributed by atoms with Gasteiger partial charge >= 0.3 is 6.03 Å². The Hall–Kier alpha value is -1.14. The van der Waals surface area contributed by atoms with Crippen LogP contribution < -0.4 is 5.32 Å². The molecule has 21 heavy (non-hydrogen) atoms. The Kier molecular flexibility index (Phi) is 5.99. The molecule has 2 rings (SSSR count). The van der Waals surface area contributed by atoms with Crippen molar-refractivity contribution in [3.8, 4) is 0 Å². The molecule has 1 N–H and O–H groups in total. The van der Waals surface area contributed by atoms with Gasteiger partial charge in [0.25, 0.3) is 0 Å². The van der Waals surface area contributed by atoms with E-state index >= 15 is 0 Å². The minimum atomic E-state index is -0.0225. The smallest absolute Gasteiger partial charge is 0.317 e. The van der Waals surface area contributed by atoms with Crippen LogP contribution in [0.5, 0.6) is 0 Å². The van der Waals surface area contributed by atoms with Crippen molar-refractivity contribution in [3.63, 3.8) is 0 Å². The molecule has 0 aliphatic carbocycles. The number of amides is 2. The molecule has 0 spiro atoms. The molecule has 1 saturated heterocycles. The second-order valence-corrected chi connectivity index (χ2v) is 7.06. The lowest BCUT2D eigenvalue weighted by Gasteiger charge is -2.30. The van der Waals surface area contributed by atoms with Crippen molar-refractivity contribution in [2.75, 3.05) is 33.2 Å². The van der Waals surface area contributed by atoms with Gasteiger partial charge in [0.15, 0.2) is 0 Å². The predicted molar refractivity (Wildman–Crippen MR) is 86.6 cm³/mol. The highest BCUT2D eigenvalue weighted by Gasteiger charge is 2.16. The zero-order valence-corrected chi connectivity index (χ0v) is 14.1. The monoisotopic (exact) mass is 310 g/mol. The van der Waals surface area contributed by atoms with Crippen molar-refractivity contribution in [2.24, 2.45) is 5.92 Å². The first kappa shape index (κ1) is 16.2. The highest BCUT2D eigenvalue weighted by Crippen LogP contribution is 2.14. The van der Waals surface area contributed by atoms with Crippen LogP contribution in [0.3, 0.4) is 0 Å². The van der Waals surface area contributed by atoms with Gasteiger partial charge in [0.05, 0.1) is 17.2 Å². The quantitative estimate of drug-likeness (QED) is 0.908. The number of nitrogens with one attached hydrogen (secondary N) is 1. The van der Waals surface area contributed by atoms with Gasteiger partial charge in [0, 0.05) is 32.1 Å². The highest BCUT2D eigenvalue weighted by molar-refractivity contribution is 7.09. The average molecular weight is 310 g/mol. The number of aryl methyl sites for hydroxylation is 1. The van der Waals surface area contributed by atoms with E-state index < -0.39 is 0 Å². The molecular formula is C15H26N4OS. The molecule has 0 bridgehead atoms. The predicted octanol–water partition coefficient (Wildman–Crippen LogP) is 2.32. The van der Waals surface area contributed by atoms with Crippen LogP contribution in [0.15, 0.2) is 5.38 Å². The molecule has 1 atom stereocenters. The van der Waals surface area contributed by atoms with Gasteiger partial charge in [-0.3, -0.25) is 0 Å². The lowest BCUT2D eigenvalue weighted by atomic mass is 10.0. The van der Waals surface area contributed by atoms with Gasteiger partial charge in [0.1, 0.15) is 0 Å². The van der Waals surface area contributed by atoms with Crippen LogP contribution >= 0.6 is 11.3 Å². The summed E-state index contributed by atoms with van der Waals surface area (Å²) in [6.07, 6.45) is 2.61. The normalized spacial score (nSPS) is 19.5. The first-order valence-corrected chi connectivity index (χ1v) is 8.55. The van der Waals surface area contributed by atoms with Crippen LogP contribution in [0.2, 0.25) is 0 Å². The number of thiazole rings is 1. The van der Waals surface area contributed by atoms with E-state index in [1.165, 1.54) is 12.8 Å². The topological polar surface area (TPSA) is 48.5 Å². The Morgan fingerprint density at radius 2 is 2.43 bits per heavy atom. The Bertz CT molecular complexity index is 462. The Morgan fingerprint density at radius 1 is 1.62 bits per heavy atom. The number of aromatic nitrogens is 1. The van der Waals surface area contributed by atoms with Crippen molar-refractivity contribution < 1.29 is 4.79 Å². The maximum atomic E-state index is 12.0. The van der Waals surface area contributed by atoms with E-state index in [0.717, 1.165) is 36.3 Å². The van der Waals surface area contributed by atoms with Gasteiger partial charge in [-0.15, -0.1) is 11.3 Å². The molecule has 1 aliphatic heterocycles. The van der Waals surface area contributed by atoms with E-state index in [4.69, 9.17) is 0 Å². The van der Waals surface area contributed by atoms with Crippen molar-refractivity contribution in [3.05, 3.63) is 16.1 Å². The fourth-order valence-corrected chi connectivity index (χ4v) is 3.35. The van der Waals surface area contributed by atoms with Crippen molar-refractivity contribution in [1.82, 2.24) is 20.1 Å². The van der Waals surface area contributed by atoms with E-state index in [0.29, 0.717) is 13.1 Å². The van der Waals surface area contributed by atoms with Crippen LogP contribution in [0.25, 0.3) is 0 Å². The van der Waals surface area contributed by atoms with Gasteiger partial charge in [-0.25, -0.2) is 9.78 Å². The van der Waals surface area contributed by atoms with Gasteiger partial charge in [-0.2, -0.15) is 0 Å². The number of hydrogen-bond donors (Lipinski definition) is 1. The molecule has 1 aromatic rings. The molecular weight excluding hydrogens is 284 g/mol. The van der Waals surface area contributed by atoms with Gasteiger partial charge in [0.2, 0.25) is 0 Å². The summed E-state index contributed by atoms with van der Waals surface area (Å²) >= 11 is 1.62. The van der Waals surface area contributed by atoms with Crippen LogP contribution in [-0.2, 0) is 6.54 Å². The molecule has 1 aliphatic rings. The van der Waals surface area contributed by atoms with E-state index in [1.54, 1.807) is 16.2 Å². The van der Waals surface area contributed by atoms with E-state index in [1.807, 2.05) is 19.4 Å². The van der Waals surface area contributed by atoms with Crippen LogP contribution in [0.4, 0.5) is 4.79 Å². The molecule has 0 radical (unpaired) electrons. The molecule has 2 heterocycles. The first-order valence-electron chi connectivity index (χ1n) is 7.67. The molecule has 0 saturated carbocycles. The maximum Gasteiger partial charge on any atom is 0.317 e. The third-order valence-corrected chi connectivity index (χ3v) is 4.68. The molecule has 0 aromatic carbocycles. The number of nitrogens with zero attached hydrogens (tertiary/aromatic N) is 3. The molecule has 1 aromatic heterocycles. The number of hydrogen-bond acceptors (Lipinski definition) is 4. The zero-order chi connectivity index (χ0) is 15.2. The summed E-state index contributed by atoms with van der Waals surface area (Å²) in [5.41, 5.74) is 0.958. The van der Waals surface area contributed by atoms with Crippen molar-refractivity contribution in [2.45, 2.75) is 33.2 Å². The highest BCUT2D eigenvalue weighted by atomic mass is 32.1. The largest absolute Gasteiger partial charge is 0.337 e. The molecule has 118 valence electrons. The summed E-state index contributed by atoms with van der Waals surface area (Å²) in [5, 5.41) is 6.04. The Balaban J connectivity index is 1.66. The fraction of sp³-hybridized carbons (Fsp3) is 0.733. The average Bonchev–Trinajstić information content (AvgIpc) is 2.84. The molecule has 2 amide bonds. The summed E-state index contributed by atoms with van der Waals surface area (Å²) in [7, 11) is 1.81. The van der Waals surface area contributed by atoms with Crippen molar-refractivity contribution >= 4 is 17.4 Å². The van der Waals surface area contributed by atoms with Crippen LogP contribution in [0, 0.1) is 12.8 Å². The summed E-state index contributed by atoms with van der Waals surface area (Å²) in [4.78, 5) is 20.5. The summed E-state index contributed by atoms with van der Waals surface area (Å²) in [5.74, 6) is 0.782. The third-order valence-electron chi connectivity index (χ3n) is 3.86. The second-order valence-electron chi connectivity index (χ2n) is 5.99. The van der Waals surface area contributed by atoms with Crippen LogP contribution in [0.1, 0.15) is 30.5 Å². The molecule has 5 nitrogen and oxygen atoms in total. The van der Waals surface area contributed by atoms with Crippen LogP contribution in [-0.4, -0.2) is 54.0 Å². The second kappa shape index (κ2) is 7.75. The van der Waals surface area contributed by atoms with Gasteiger partial charge in [-0.05, 0) is 32.2 Å². The minimum Gasteiger partial charge on any atom is -0.337 e. The van der Waals surface area contributed by atoms with Gasteiger partial charge < -0.3 is 15.1 Å². The van der Waals surface area contributed by atoms with E-state index in [-0.39, 0.29) is 6.03 Å². The SMILES string of the molecule is Cc1nc(CN(C)C(=O)NCCN2CCCC(C)C2)cs1. The van der Waals surface area contributed by atoms with Crippen molar-refractivity contribution in [1.29, 1.82) is 0 Å². The number of carbonyl (C=O) groups excluding carboxylic acids is 1. The first-order chi connectivity index (χ1) is 10.0. The summed E-state index contributed by atoms with van der Waals surface area (Å²) < 4.78 is 0. The van der Waals surface area contributed by atoms with Gasteiger partial charge in [-0.1, -0.05) is 6.92 Å². The third kappa shape index (κ3) is 5.28. The number of carbonyl (C=O) groups is 1. The fourth-order valence-electron chi connectivity index (χ4n) is 2.74. The van der Waals surface area contributed by atoms with E-state index in [9.17, 15) is 4.79 Å². The number of piperidine rings is 1. The Labute approximate surface area is 131 Å². The Morgan fingerprint density at radius 3 is 3.10 bits per heavy atom. The minimum absolute atomic E-state index is 0.0225. The van der Waals surface area contributed by atoms with E-state index in [2.05, 4.69) is 22.1 Å². The molecule has 1 unspecified atom stereocenters. The molecule has 1 fully saturated rings. The number of rotatable bonds is 5. The lowest BCUT2D eigenvalue weighted by Crippen LogP contribution is -2.43. The number of urea groups is 1. The lowest BCUT2D eigenvalue weighted by molar-refractivity contribution is 0.178. The summed E-state index contributed by atoms with van der Waals surface area (Å²) in [6, 6.07) is -0.0225. The number of likely N-dealkylation sites (tertiary alicyclic amines) is 1. The standard InChI is InChI=1S/C15H26N4OS/c1-12-5-4-7-19(9-12)8-6-16-15(20)18(3)10-14-11-21-13(2)17-14/h11-12H,4-10H2,1-3H3,(H,16,20). The summed E-state index contributed by atoms with van der Waals surface area (Å²) in [6.45, 7) is 8.82. The zero-order valence-electron chi connectivity index (χ0n) is 13.3. The molecule has 6 heteroatoms. The maximum absolute atomic E-state index is 12.0.